The fourth-order valence-corrected chi connectivity index (χ4v) is 2.15. The summed E-state index contributed by atoms with van der Waals surface area (Å²) in [5.74, 6) is -2.82. The average molecular weight is 213 g/mol. The van der Waals surface area contributed by atoms with Crippen LogP contribution < -0.4 is 0 Å². The lowest BCUT2D eigenvalue weighted by Gasteiger charge is -2.29. The van der Waals surface area contributed by atoms with Gasteiger partial charge in [0.25, 0.3) is 5.92 Å². The summed E-state index contributed by atoms with van der Waals surface area (Å²) >= 11 is 3.11. The average Bonchev–Trinajstić information content (AvgIpc) is 1.87. The summed E-state index contributed by atoms with van der Waals surface area (Å²) in [5.41, 5.74) is 0. The molecule has 0 bridgehead atoms. The van der Waals surface area contributed by atoms with E-state index in [-0.39, 0.29) is 6.42 Å². The van der Waals surface area contributed by atoms with E-state index in [1.54, 1.807) is 0 Å². The largest absolute Gasteiger partial charge is 0.251 e. The van der Waals surface area contributed by atoms with Gasteiger partial charge in [-0.3, -0.25) is 0 Å². The smallest absolute Gasteiger partial charge is 0.207 e. The van der Waals surface area contributed by atoms with Crippen LogP contribution in [0.15, 0.2) is 0 Å². The van der Waals surface area contributed by atoms with Gasteiger partial charge < -0.3 is 0 Å². The van der Waals surface area contributed by atoms with Crippen LogP contribution in [0.2, 0.25) is 0 Å². The minimum Gasteiger partial charge on any atom is -0.207 e. The maximum Gasteiger partial charge on any atom is 0.251 e. The third kappa shape index (κ3) is 1.68. The van der Waals surface area contributed by atoms with Gasteiger partial charge in [0.05, 0.1) is 0 Å². The molecule has 0 spiro atoms. The second-order valence-corrected chi connectivity index (χ2v) is 3.51. The summed E-state index contributed by atoms with van der Waals surface area (Å²) in [6.07, 6.45) is 2.42. The van der Waals surface area contributed by atoms with Gasteiger partial charge in [0.1, 0.15) is 0 Å². The molecule has 1 saturated carbocycles. The molecule has 0 saturated heterocycles. The zero-order valence-electron chi connectivity index (χ0n) is 5.75. The third-order valence-corrected chi connectivity index (χ3v) is 2.88. The molecule has 0 aromatic carbocycles. The maximum absolute atomic E-state index is 12.8. The second kappa shape index (κ2) is 3.16. The standard InChI is InChI=1S/C7H11BrF2/c8-5-6-3-1-2-4-7(6,9)10/h6H,1-5H2/t6-/m0/s1. The van der Waals surface area contributed by atoms with E-state index in [4.69, 9.17) is 0 Å². The van der Waals surface area contributed by atoms with Crippen molar-refractivity contribution >= 4 is 15.9 Å². The van der Waals surface area contributed by atoms with Gasteiger partial charge in [-0.15, -0.1) is 0 Å². The molecule has 0 radical (unpaired) electrons. The Morgan fingerprint density at radius 2 is 2.10 bits per heavy atom. The summed E-state index contributed by atoms with van der Waals surface area (Å²) in [5, 5.41) is 0.444. The highest BCUT2D eigenvalue weighted by atomic mass is 79.9. The molecule has 1 aliphatic rings. The van der Waals surface area contributed by atoms with Crippen molar-refractivity contribution < 1.29 is 8.78 Å². The molecule has 0 aromatic heterocycles. The molecule has 0 amide bonds. The lowest BCUT2D eigenvalue weighted by Crippen LogP contribution is -2.32. The topological polar surface area (TPSA) is 0 Å². The molecule has 0 heterocycles. The van der Waals surface area contributed by atoms with E-state index in [1.165, 1.54) is 0 Å². The van der Waals surface area contributed by atoms with Crippen molar-refractivity contribution in [1.29, 1.82) is 0 Å². The van der Waals surface area contributed by atoms with Crippen LogP contribution in [0, 0.1) is 5.92 Å². The van der Waals surface area contributed by atoms with Gasteiger partial charge >= 0.3 is 0 Å². The lowest BCUT2D eigenvalue weighted by molar-refractivity contribution is -0.0760. The van der Waals surface area contributed by atoms with Crippen molar-refractivity contribution in [2.24, 2.45) is 5.92 Å². The van der Waals surface area contributed by atoms with Gasteiger partial charge in [-0.25, -0.2) is 8.78 Å². The molecule has 3 heteroatoms. The number of halogens is 3. The fourth-order valence-electron chi connectivity index (χ4n) is 1.36. The van der Waals surface area contributed by atoms with E-state index >= 15 is 0 Å². The zero-order chi connectivity index (χ0) is 7.61. The predicted molar refractivity (Wildman–Crippen MR) is 40.7 cm³/mol. The Morgan fingerprint density at radius 3 is 2.50 bits per heavy atom. The van der Waals surface area contributed by atoms with Crippen molar-refractivity contribution in [1.82, 2.24) is 0 Å². The minimum atomic E-state index is -2.40. The van der Waals surface area contributed by atoms with Crippen LogP contribution in [0.1, 0.15) is 25.7 Å². The van der Waals surface area contributed by atoms with E-state index in [2.05, 4.69) is 15.9 Å². The van der Waals surface area contributed by atoms with Gasteiger partial charge in [0, 0.05) is 17.7 Å². The first-order chi connectivity index (χ1) is 4.67. The highest BCUT2D eigenvalue weighted by Gasteiger charge is 2.40. The third-order valence-electron chi connectivity index (χ3n) is 2.10. The van der Waals surface area contributed by atoms with Crippen molar-refractivity contribution in [2.75, 3.05) is 5.33 Å². The Kier molecular flexibility index (Phi) is 2.67. The Labute approximate surface area is 68.1 Å². The van der Waals surface area contributed by atoms with Crippen LogP contribution in [0.25, 0.3) is 0 Å². The summed E-state index contributed by atoms with van der Waals surface area (Å²) in [6, 6.07) is 0. The highest BCUT2D eigenvalue weighted by Crippen LogP contribution is 2.38. The molecule has 0 aromatic rings. The summed E-state index contributed by atoms with van der Waals surface area (Å²) < 4.78 is 25.7. The van der Waals surface area contributed by atoms with Gasteiger partial charge in [-0.05, 0) is 12.8 Å². The van der Waals surface area contributed by atoms with Gasteiger partial charge in [0.15, 0.2) is 0 Å². The molecule has 0 nitrogen and oxygen atoms in total. The van der Waals surface area contributed by atoms with E-state index in [9.17, 15) is 8.78 Å². The Morgan fingerprint density at radius 1 is 1.40 bits per heavy atom. The Hall–Kier alpha value is 0.340. The molecule has 1 aliphatic carbocycles. The summed E-state index contributed by atoms with van der Waals surface area (Å²) in [6.45, 7) is 0. The van der Waals surface area contributed by atoms with Crippen molar-refractivity contribution in [2.45, 2.75) is 31.6 Å². The molecular weight excluding hydrogens is 202 g/mol. The first kappa shape index (κ1) is 8.44. The number of hydrogen-bond acceptors (Lipinski definition) is 0. The van der Waals surface area contributed by atoms with E-state index < -0.39 is 11.8 Å². The molecule has 1 atom stereocenters. The molecule has 1 fully saturated rings. The highest BCUT2D eigenvalue weighted by molar-refractivity contribution is 9.09. The summed E-state index contributed by atoms with van der Waals surface area (Å²) in [7, 11) is 0. The van der Waals surface area contributed by atoms with Crippen molar-refractivity contribution in [3.8, 4) is 0 Å². The van der Waals surface area contributed by atoms with Crippen LogP contribution in [0.5, 0.6) is 0 Å². The Bertz CT molecular complexity index is 114. The molecular formula is C7H11BrF2. The molecule has 10 heavy (non-hydrogen) atoms. The quantitative estimate of drug-likeness (QED) is 0.586. The van der Waals surface area contributed by atoms with Crippen LogP contribution >= 0.6 is 15.9 Å². The van der Waals surface area contributed by atoms with Gasteiger partial charge in [-0.1, -0.05) is 22.4 Å². The first-order valence-electron chi connectivity index (χ1n) is 3.60. The SMILES string of the molecule is FC1(F)CCCC[C@H]1CBr. The summed E-state index contributed by atoms with van der Waals surface area (Å²) in [4.78, 5) is 0. The number of hydrogen-bond donors (Lipinski definition) is 0. The van der Waals surface area contributed by atoms with Gasteiger partial charge in [0.2, 0.25) is 0 Å². The van der Waals surface area contributed by atoms with E-state index in [1.807, 2.05) is 0 Å². The van der Waals surface area contributed by atoms with Crippen LogP contribution in [-0.2, 0) is 0 Å². The molecule has 60 valence electrons. The molecule has 0 N–H and O–H groups in total. The van der Waals surface area contributed by atoms with Crippen LogP contribution in [0.3, 0.4) is 0 Å². The monoisotopic (exact) mass is 212 g/mol. The second-order valence-electron chi connectivity index (χ2n) is 2.86. The minimum absolute atomic E-state index is 0.0866. The maximum atomic E-state index is 12.8. The van der Waals surface area contributed by atoms with Crippen LogP contribution in [-0.4, -0.2) is 11.3 Å². The predicted octanol–water partition coefficient (Wildman–Crippen LogP) is 3.21. The normalized spacial score (nSPS) is 32.1. The van der Waals surface area contributed by atoms with Crippen molar-refractivity contribution in [3.05, 3.63) is 0 Å². The van der Waals surface area contributed by atoms with Crippen LogP contribution in [0.4, 0.5) is 8.78 Å². The zero-order valence-corrected chi connectivity index (χ0v) is 7.33. The molecule has 1 rings (SSSR count). The van der Waals surface area contributed by atoms with E-state index in [0.29, 0.717) is 18.2 Å². The molecule has 0 unspecified atom stereocenters. The van der Waals surface area contributed by atoms with Gasteiger partial charge in [-0.2, -0.15) is 0 Å². The van der Waals surface area contributed by atoms with Crippen molar-refractivity contribution in [3.63, 3.8) is 0 Å². The van der Waals surface area contributed by atoms with E-state index in [0.717, 1.165) is 6.42 Å². The number of alkyl halides is 3. The lowest BCUT2D eigenvalue weighted by atomic mass is 9.87. The Balaban J connectivity index is 2.51. The molecule has 0 aliphatic heterocycles. The first-order valence-corrected chi connectivity index (χ1v) is 4.73. The fraction of sp³-hybridized carbons (Fsp3) is 1.00. The number of rotatable bonds is 1.